The van der Waals surface area contributed by atoms with Crippen molar-refractivity contribution in [3.8, 4) is 0 Å². The van der Waals surface area contributed by atoms with Gasteiger partial charge in [0.05, 0.1) is 11.4 Å². The Morgan fingerprint density at radius 2 is 1.90 bits per heavy atom. The number of carbonyl (C=O) groups excluding carboxylic acids is 2. The van der Waals surface area contributed by atoms with Gasteiger partial charge in [0.15, 0.2) is 0 Å². The Balaban J connectivity index is 1.73. The lowest BCUT2D eigenvalue weighted by Gasteiger charge is -2.38. The predicted molar refractivity (Wildman–Crippen MR) is 81.4 cm³/mol. The van der Waals surface area contributed by atoms with Gasteiger partial charge in [0, 0.05) is 32.1 Å². The molecule has 0 spiro atoms. The van der Waals surface area contributed by atoms with Crippen LogP contribution in [0.25, 0.3) is 0 Å². The summed E-state index contributed by atoms with van der Waals surface area (Å²) in [5.41, 5.74) is 7.12. The number of rotatable bonds is 4. The molecule has 1 aliphatic carbocycles. The Kier molecular flexibility index (Phi) is 3.68. The number of anilines is 2. The average Bonchev–Trinajstić information content (AvgIpc) is 3.30. The van der Waals surface area contributed by atoms with Crippen molar-refractivity contribution >= 4 is 23.3 Å². The van der Waals surface area contributed by atoms with E-state index in [1.807, 2.05) is 23.1 Å². The van der Waals surface area contributed by atoms with Crippen LogP contribution in [0.2, 0.25) is 0 Å². The third-order valence-corrected chi connectivity index (χ3v) is 3.97. The molecule has 1 saturated carbocycles. The molecule has 0 aromatic heterocycles. The summed E-state index contributed by atoms with van der Waals surface area (Å²) in [4.78, 5) is 27.2. The van der Waals surface area contributed by atoms with Crippen LogP contribution in [-0.2, 0) is 4.79 Å². The van der Waals surface area contributed by atoms with Gasteiger partial charge in [0.25, 0.3) is 0 Å². The van der Waals surface area contributed by atoms with E-state index in [0.717, 1.165) is 17.9 Å². The van der Waals surface area contributed by atoms with Crippen molar-refractivity contribution in [1.82, 2.24) is 5.32 Å². The zero-order chi connectivity index (χ0) is 14.8. The fraction of sp³-hybridized carbons (Fsp3) is 0.467. The number of hydrogen-bond acceptors (Lipinski definition) is 3. The molecular formula is C15H20N4O2. The first-order valence-corrected chi connectivity index (χ1v) is 7.36. The molecule has 0 bridgehead atoms. The number of fused-ring (bicyclic) bond motifs is 1. The van der Waals surface area contributed by atoms with Crippen LogP contribution in [0.5, 0.6) is 0 Å². The number of benzene rings is 1. The van der Waals surface area contributed by atoms with Gasteiger partial charge in [0.1, 0.15) is 0 Å². The molecule has 0 unspecified atom stereocenters. The minimum Gasteiger partial charge on any atom is -0.365 e. The number of nitrogens with one attached hydrogen (secondary N) is 1. The topological polar surface area (TPSA) is 78.7 Å². The van der Waals surface area contributed by atoms with Gasteiger partial charge in [-0.25, -0.2) is 4.79 Å². The third kappa shape index (κ3) is 2.94. The van der Waals surface area contributed by atoms with Gasteiger partial charge in [-0.1, -0.05) is 12.1 Å². The summed E-state index contributed by atoms with van der Waals surface area (Å²) in [5.74, 6) is 0.0200. The van der Waals surface area contributed by atoms with Gasteiger partial charge in [-0.2, -0.15) is 0 Å². The summed E-state index contributed by atoms with van der Waals surface area (Å²) >= 11 is 0. The lowest BCUT2D eigenvalue weighted by Crippen LogP contribution is -2.45. The van der Waals surface area contributed by atoms with Crippen LogP contribution in [0.1, 0.15) is 19.3 Å². The molecule has 6 nitrogen and oxygen atoms in total. The van der Waals surface area contributed by atoms with Crippen molar-refractivity contribution in [3.63, 3.8) is 0 Å². The molecule has 0 saturated heterocycles. The van der Waals surface area contributed by atoms with Crippen LogP contribution < -0.4 is 20.9 Å². The molecule has 1 heterocycles. The van der Waals surface area contributed by atoms with E-state index < -0.39 is 6.03 Å². The van der Waals surface area contributed by atoms with E-state index in [9.17, 15) is 9.59 Å². The normalized spacial score (nSPS) is 17.3. The molecule has 112 valence electrons. The molecule has 1 aliphatic heterocycles. The molecule has 0 atom stereocenters. The Hall–Kier alpha value is -2.24. The number of primary amides is 1. The zero-order valence-electron chi connectivity index (χ0n) is 11.9. The summed E-state index contributed by atoms with van der Waals surface area (Å²) in [5, 5.41) is 2.46. The molecule has 6 heteroatoms. The molecule has 3 N–H and O–H groups in total. The number of nitrogens with two attached hydrogens (primary N) is 1. The number of para-hydroxylation sites is 2. The minimum absolute atomic E-state index is 0.0200. The van der Waals surface area contributed by atoms with Gasteiger partial charge in [0.2, 0.25) is 5.91 Å². The molecular weight excluding hydrogens is 268 g/mol. The maximum atomic E-state index is 12.3. The summed E-state index contributed by atoms with van der Waals surface area (Å²) in [6.45, 7) is 1.85. The highest BCUT2D eigenvalue weighted by Crippen LogP contribution is 2.39. The molecule has 1 aromatic carbocycles. The second-order valence-electron chi connectivity index (χ2n) is 5.50. The first-order valence-electron chi connectivity index (χ1n) is 7.36. The minimum atomic E-state index is -0.596. The Labute approximate surface area is 123 Å². The predicted octanol–water partition coefficient (Wildman–Crippen LogP) is 1.06. The molecule has 1 aromatic rings. The summed E-state index contributed by atoms with van der Waals surface area (Å²) < 4.78 is 0. The van der Waals surface area contributed by atoms with E-state index in [4.69, 9.17) is 5.73 Å². The van der Waals surface area contributed by atoms with Crippen LogP contribution in [0.15, 0.2) is 24.3 Å². The number of carbonyl (C=O) groups is 2. The summed E-state index contributed by atoms with van der Waals surface area (Å²) in [7, 11) is 0. The SMILES string of the molecule is NC(=O)NCCC(=O)N1CCN(C2CC2)c2ccccc21. The van der Waals surface area contributed by atoms with Crippen LogP contribution in [-0.4, -0.2) is 37.6 Å². The standard InChI is InChI=1S/C15H20N4O2/c16-15(21)17-8-7-14(20)19-10-9-18(11-5-6-11)12-3-1-2-4-13(12)19/h1-4,11H,5-10H2,(H3,16,17,21). The lowest BCUT2D eigenvalue weighted by molar-refractivity contribution is -0.118. The quantitative estimate of drug-likeness (QED) is 0.869. The second-order valence-corrected chi connectivity index (χ2v) is 5.50. The van der Waals surface area contributed by atoms with Gasteiger partial charge >= 0.3 is 6.03 Å². The Morgan fingerprint density at radius 1 is 1.19 bits per heavy atom. The largest absolute Gasteiger partial charge is 0.365 e. The van der Waals surface area contributed by atoms with Crippen molar-refractivity contribution in [2.24, 2.45) is 5.73 Å². The molecule has 3 rings (SSSR count). The highest BCUT2D eigenvalue weighted by atomic mass is 16.2. The fourth-order valence-corrected chi connectivity index (χ4v) is 2.84. The van der Waals surface area contributed by atoms with Crippen LogP contribution in [0.4, 0.5) is 16.2 Å². The lowest BCUT2D eigenvalue weighted by atomic mass is 10.1. The van der Waals surface area contributed by atoms with Crippen molar-refractivity contribution in [2.75, 3.05) is 29.4 Å². The van der Waals surface area contributed by atoms with E-state index in [1.165, 1.54) is 12.8 Å². The Bertz CT molecular complexity index is 556. The smallest absolute Gasteiger partial charge is 0.312 e. The van der Waals surface area contributed by atoms with Crippen molar-refractivity contribution < 1.29 is 9.59 Å². The molecule has 2 aliphatic rings. The highest BCUT2D eigenvalue weighted by molar-refractivity contribution is 5.98. The molecule has 1 fully saturated rings. The first-order chi connectivity index (χ1) is 10.2. The summed E-state index contributed by atoms with van der Waals surface area (Å²) in [6, 6.07) is 8.08. The monoisotopic (exact) mass is 288 g/mol. The number of amides is 3. The fourth-order valence-electron chi connectivity index (χ4n) is 2.84. The zero-order valence-corrected chi connectivity index (χ0v) is 11.9. The van der Waals surface area contributed by atoms with Gasteiger partial charge in [-0.15, -0.1) is 0 Å². The van der Waals surface area contributed by atoms with Crippen LogP contribution in [0, 0.1) is 0 Å². The average molecular weight is 288 g/mol. The van der Waals surface area contributed by atoms with Gasteiger partial charge < -0.3 is 20.9 Å². The van der Waals surface area contributed by atoms with E-state index in [2.05, 4.69) is 16.3 Å². The second kappa shape index (κ2) is 5.63. The van der Waals surface area contributed by atoms with E-state index >= 15 is 0 Å². The van der Waals surface area contributed by atoms with E-state index in [1.54, 1.807) is 0 Å². The van der Waals surface area contributed by atoms with Gasteiger partial charge in [-0.05, 0) is 25.0 Å². The maximum absolute atomic E-state index is 12.3. The third-order valence-electron chi connectivity index (χ3n) is 3.97. The van der Waals surface area contributed by atoms with Crippen molar-refractivity contribution in [1.29, 1.82) is 0 Å². The summed E-state index contributed by atoms with van der Waals surface area (Å²) in [6.07, 6.45) is 2.75. The van der Waals surface area contributed by atoms with Crippen molar-refractivity contribution in [2.45, 2.75) is 25.3 Å². The number of nitrogens with zero attached hydrogens (tertiary/aromatic N) is 2. The van der Waals surface area contributed by atoms with Crippen LogP contribution >= 0.6 is 0 Å². The highest BCUT2D eigenvalue weighted by Gasteiger charge is 2.35. The van der Waals surface area contributed by atoms with Gasteiger partial charge in [-0.3, -0.25) is 4.79 Å². The molecule has 21 heavy (non-hydrogen) atoms. The number of urea groups is 1. The maximum Gasteiger partial charge on any atom is 0.312 e. The number of hydrogen-bond donors (Lipinski definition) is 2. The molecule has 0 radical (unpaired) electrons. The van der Waals surface area contributed by atoms with E-state index in [0.29, 0.717) is 12.6 Å². The van der Waals surface area contributed by atoms with E-state index in [-0.39, 0.29) is 18.9 Å². The van der Waals surface area contributed by atoms with Crippen molar-refractivity contribution in [3.05, 3.63) is 24.3 Å². The molecule has 3 amide bonds. The first kappa shape index (κ1) is 13.7. The Morgan fingerprint density at radius 3 is 2.57 bits per heavy atom. The van der Waals surface area contributed by atoms with Crippen LogP contribution in [0.3, 0.4) is 0 Å².